The van der Waals surface area contributed by atoms with E-state index >= 15 is 0 Å². The molecule has 6 saturated carbocycles. The van der Waals surface area contributed by atoms with Gasteiger partial charge in [-0.05, 0) is 161 Å². The second kappa shape index (κ2) is 13.3. The SMILES string of the molecule is C#C[C@]1(OC(=O)CCCC(=O)O[C@H]2CCC3C4C(CC[C@@]32C)[C@@]2(C)CCC(=O)C=C2C[C@H]4C)CCC2C3CCC4=CC(=O)CCC4C3CC[C@@]21CC. The van der Waals surface area contributed by atoms with E-state index < -0.39 is 5.60 Å². The van der Waals surface area contributed by atoms with Gasteiger partial charge in [0.05, 0.1) is 0 Å². The van der Waals surface area contributed by atoms with Gasteiger partial charge in [0.25, 0.3) is 0 Å². The maximum absolute atomic E-state index is 13.5. The topological polar surface area (TPSA) is 86.7 Å². The van der Waals surface area contributed by atoms with Gasteiger partial charge in [-0.3, -0.25) is 19.2 Å². The fourth-order valence-electron chi connectivity index (χ4n) is 15.0. The van der Waals surface area contributed by atoms with Crippen LogP contribution in [0.2, 0.25) is 0 Å². The van der Waals surface area contributed by atoms with Gasteiger partial charge in [0, 0.05) is 36.5 Å². The first kappa shape index (κ1) is 36.3. The Bertz CT molecular complexity index is 1610. The largest absolute Gasteiger partial charge is 0.462 e. The van der Waals surface area contributed by atoms with Gasteiger partial charge in [-0.25, -0.2) is 0 Å². The third kappa shape index (κ3) is 5.46. The van der Waals surface area contributed by atoms with Crippen molar-refractivity contribution in [3.8, 4) is 12.3 Å². The normalized spacial score (nSPS) is 46.2. The number of hydrogen-bond acceptors (Lipinski definition) is 6. The lowest BCUT2D eigenvalue weighted by molar-refractivity contribution is -0.173. The summed E-state index contributed by atoms with van der Waals surface area (Å²) in [7, 11) is 0. The van der Waals surface area contributed by atoms with Crippen molar-refractivity contribution in [2.45, 2.75) is 161 Å². The zero-order chi connectivity index (χ0) is 36.6. The van der Waals surface area contributed by atoms with E-state index in [4.69, 9.17) is 15.9 Å². The maximum Gasteiger partial charge on any atom is 0.307 e. The number of hydrogen-bond donors (Lipinski definition) is 0. The van der Waals surface area contributed by atoms with Crippen LogP contribution in [0.3, 0.4) is 0 Å². The summed E-state index contributed by atoms with van der Waals surface area (Å²) < 4.78 is 12.7. The fraction of sp³-hybridized carbons (Fsp3) is 0.783. The Kier molecular flexibility index (Phi) is 9.26. The zero-order valence-corrected chi connectivity index (χ0v) is 32.3. The molecule has 52 heavy (non-hydrogen) atoms. The smallest absolute Gasteiger partial charge is 0.307 e. The van der Waals surface area contributed by atoms with Gasteiger partial charge in [-0.1, -0.05) is 44.8 Å². The zero-order valence-electron chi connectivity index (χ0n) is 32.3. The van der Waals surface area contributed by atoms with E-state index in [-0.39, 0.29) is 47.1 Å². The Morgan fingerprint density at radius 2 is 1.60 bits per heavy atom. The molecule has 0 radical (unpaired) electrons. The molecule has 0 aromatic rings. The minimum absolute atomic E-state index is 0.0254. The molecule has 7 unspecified atom stereocenters. The Balaban J connectivity index is 0.864. The van der Waals surface area contributed by atoms with Gasteiger partial charge in [0.15, 0.2) is 17.2 Å². The minimum atomic E-state index is -0.892. The second-order valence-electron chi connectivity index (χ2n) is 19.3. The van der Waals surface area contributed by atoms with Crippen LogP contribution in [0.25, 0.3) is 0 Å². The first-order valence-corrected chi connectivity index (χ1v) is 21.2. The monoisotopic (exact) mass is 710 g/mol. The molecule has 0 bridgehead atoms. The Morgan fingerprint density at radius 1 is 0.827 bits per heavy atom. The van der Waals surface area contributed by atoms with Gasteiger partial charge in [-0.15, -0.1) is 6.42 Å². The number of carbonyl (C=O) groups excluding carboxylic acids is 4. The number of rotatable bonds is 7. The number of allylic oxidation sites excluding steroid dienone is 2. The van der Waals surface area contributed by atoms with Crippen LogP contribution >= 0.6 is 0 Å². The van der Waals surface area contributed by atoms with Gasteiger partial charge >= 0.3 is 11.9 Å². The number of ether oxygens (including phenoxy) is 2. The predicted molar refractivity (Wildman–Crippen MR) is 199 cm³/mol. The van der Waals surface area contributed by atoms with Crippen molar-refractivity contribution in [3.63, 3.8) is 0 Å². The summed E-state index contributed by atoms with van der Waals surface area (Å²) in [5.41, 5.74) is 1.76. The second-order valence-corrected chi connectivity index (χ2v) is 19.3. The first-order valence-electron chi connectivity index (χ1n) is 21.2. The van der Waals surface area contributed by atoms with Crippen LogP contribution in [-0.2, 0) is 28.7 Å². The number of esters is 2. The molecule has 0 aliphatic heterocycles. The summed E-state index contributed by atoms with van der Waals surface area (Å²) >= 11 is 0. The van der Waals surface area contributed by atoms with E-state index in [1.807, 2.05) is 12.2 Å². The molecule has 13 atom stereocenters. The molecule has 6 heteroatoms. The quantitative estimate of drug-likeness (QED) is 0.193. The molecule has 0 spiro atoms. The van der Waals surface area contributed by atoms with Gasteiger partial charge in [0.2, 0.25) is 0 Å². The molecule has 8 aliphatic carbocycles. The Morgan fingerprint density at radius 3 is 2.38 bits per heavy atom. The van der Waals surface area contributed by atoms with Gasteiger partial charge < -0.3 is 9.47 Å². The molecule has 0 heterocycles. The summed E-state index contributed by atoms with van der Waals surface area (Å²) in [4.78, 5) is 51.4. The molecule has 6 fully saturated rings. The number of terminal acetylenes is 1. The van der Waals surface area contributed by atoms with Crippen LogP contribution in [0.15, 0.2) is 23.3 Å². The van der Waals surface area contributed by atoms with Crippen molar-refractivity contribution in [2.24, 2.45) is 63.6 Å². The summed E-state index contributed by atoms with van der Waals surface area (Å²) in [5, 5.41) is 0. The van der Waals surface area contributed by atoms with Crippen molar-refractivity contribution in [1.29, 1.82) is 0 Å². The molecule has 0 aromatic carbocycles. The average molecular weight is 711 g/mol. The van der Waals surface area contributed by atoms with E-state index in [2.05, 4.69) is 33.6 Å². The van der Waals surface area contributed by atoms with Gasteiger partial charge in [-0.2, -0.15) is 0 Å². The highest BCUT2D eigenvalue weighted by molar-refractivity contribution is 5.92. The van der Waals surface area contributed by atoms with Crippen molar-refractivity contribution in [1.82, 2.24) is 0 Å². The third-order valence-electron chi connectivity index (χ3n) is 17.5. The third-order valence-corrected chi connectivity index (χ3v) is 17.5. The van der Waals surface area contributed by atoms with Crippen molar-refractivity contribution in [2.75, 3.05) is 0 Å². The summed E-state index contributed by atoms with van der Waals surface area (Å²) in [6.45, 7) is 9.40. The van der Waals surface area contributed by atoms with E-state index in [1.165, 1.54) is 11.1 Å². The lowest BCUT2D eigenvalue weighted by atomic mass is 9.45. The molecule has 8 aliphatic rings. The number of ketones is 2. The number of fused-ring (bicyclic) bond motifs is 10. The van der Waals surface area contributed by atoms with Crippen molar-refractivity contribution in [3.05, 3.63) is 23.3 Å². The van der Waals surface area contributed by atoms with Crippen LogP contribution in [0.4, 0.5) is 0 Å². The molecule has 282 valence electrons. The molecular weight excluding hydrogens is 649 g/mol. The van der Waals surface area contributed by atoms with Crippen LogP contribution < -0.4 is 0 Å². The van der Waals surface area contributed by atoms with Crippen LogP contribution in [0.5, 0.6) is 0 Å². The fourth-order valence-corrected chi connectivity index (χ4v) is 15.0. The Labute approximate surface area is 312 Å². The van der Waals surface area contributed by atoms with E-state index in [0.717, 1.165) is 83.5 Å². The van der Waals surface area contributed by atoms with E-state index in [9.17, 15) is 19.2 Å². The molecule has 0 aromatic heterocycles. The molecular formula is C46H62O6. The number of carbonyl (C=O) groups is 4. The highest BCUT2D eigenvalue weighted by Gasteiger charge is 2.66. The van der Waals surface area contributed by atoms with Crippen LogP contribution in [0, 0.1) is 75.9 Å². The summed E-state index contributed by atoms with van der Waals surface area (Å²) in [6, 6.07) is 0. The average Bonchev–Trinajstić information content (AvgIpc) is 3.63. The summed E-state index contributed by atoms with van der Waals surface area (Å²) in [5.74, 6) is 7.54. The molecule has 8 rings (SSSR count). The highest BCUT2D eigenvalue weighted by atomic mass is 16.6. The molecule has 0 N–H and O–H groups in total. The highest BCUT2D eigenvalue weighted by Crippen LogP contribution is 2.68. The predicted octanol–water partition coefficient (Wildman–Crippen LogP) is 9.29. The molecule has 0 saturated heterocycles. The van der Waals surface area contributed by atoms with Crippen LogP contribution in [-0.4, -0.2) is 35.2 Å². The minimum Gasteiger partial charge on any atom is -0.462 e. The standard InChI is InChI=1S/C46H62O6/c1-6-45-23-18-34-33-14-12-31(47)26-29(33)11-13-35(34)36(45)20-24-46(45,7-2)52-41(50)10-8-9-40(49)51-39-16-15-37-42-28(3)25-30-27-32(48)17-21-43(30,4)38(42)19-22-44(37,39)5/h2,26-28,33-39,42H,6,8-25H2,1,3-5H3/t28-,33?,34?,35?,36?,37?,38?,39+,42?,43+,44+,45+,46+/m1/s1. The van der Waals surface area contributed by atoms with Crippen molar-refractivity contribution >= 4 is 23.5 Å². The first-order chi connectivity index (χ1) is 24.9. The van der Waals surface area contributed by atoms with Crippen LogP contribution in [0.1, 0.15) is 150 Å². The van der Waals surface area contributed by atoms with Crippen molar-refractivity contribution < 1.29 is 28.7 Å². The summed E-state index contributed by atoms with van der Waals surface area (Å²) in [6.07, 6.45) is 26.2. The lowest BCUT2D eigenvalue weighted by Crippen LogP contribution is -2.55. The molecule has 0 amide bonds. The molecule has 6 nitrogen and oxygen atoms in total. The van der Waals surface area contributed by atoms with Gasteiger partial charge in [0.1, 0.15) is 6.10 Å². The van der Waals surface area contributed by atoms with E-state index in [1.54, 1.807) is 0 Å². The maximum atomic E-state index is 13.5. The lowest BCUT2D eigenvalue weighted by Gasteiger charge is -2.59. The van der Waals surface area contributed by atoms with E-state index in [0.29, 0.717) is 84.6 Å². The Hall–Kier alpha value is -2.68.